The fourth-order valence-corrected chi connectivity index (χ4v) is 5.67. The number of thioether (sulfide) groups is 1. The zero-order chi connectivity index (χ0) is 26.4. The normalized spacial score (nSPS) is 18.9. The number of ether oxygens (including phenoxy) is 1. The van der Waals surface area contributed by atoms with E-state index < -0.39 is 6.04 Å². The molecule has 0 saturated carbocycles. The largest absolute Gasteiger partial charge is 0.494 e. The van der Waals surface area contributed by atoms with Gasteiger partial charge < -0.3 is 19.9 Å². The van der Waals surface area contributed by atoms with Crippen molar-refractivity contribution in [3.8, 4) is 5.75 Å². The molecule has 0 unspecified atom stereocenters. The van der Waals surface area contributed by atoms with Crippen molar-refractivity contribution in [1.29, 1.82) is 0 Å². The molecule has 2 aliphatic rings. The molecule has 1 N–H and O–H groups in total. The van der Waals surface area contributed by atoms with E-state index in [0.717, 1.165) is 41.9 Å². The van der Waals surface area contributed by atoms with Crippen LogP contribution in [0, 0.1) is 5.92 Å². The standard InChI is InChI=1S/C28H36N4O3S2/c1-4-35-23-10-8-21(9-11-23)29-26(33)19-25-27(34)32(22-6-5-7-24(18-22)37-3)28(36)31(25)17-16-30-14-12-20(2)13-15-30/h5-11,18,20,25H,4,12-17,19H2,1-3H3,(H,29,33)/t25-/m1/s1. The van der Waals surface area contributed by atoms with Gasteiger partial charge in [-0.05, 0) is 99.7 Å². The van der Waals surface area contributed by atoms with Gasteiger partial charge >= 0.3 is 0 Å². The predicted molar refractivity (Wildman–Crippen MR) is 154 cm³/mol. The molecule has 9 heteroatoms. The summed E-state index contributed by atoms with van der Waals surface area (Å²) in [7, 11) is 0. The lowest BCUT2D eigenvalue weighted by Crippen LogP contribution is -2.44. The van der Waals surface area contributed by atoms with E-state index in [2.05, 4.69) is 17.1 Å². The number of benzene rings is 2. The molecule has 2 fully saturated rings. The number of likely N-dealkylation sites (tertiary alicyclic amines) is 1. The van der Waals surface area contributed by atoms with Crippen molar-refractivity contribution in [1.82, 2.24) is 9.80 Å². The van der Waals surface area contributed by atoms with Crippen molar-refractivity contribution in [2.24, 2.45) is 5.92 Å². The molecule has 0 aliphatic carbocycles. The Morgan fingerprint density at radius 2 is 1.86 bits per heavy atom. The van der Waals surface area contributed by atoms with Gasteiger partial charge in [-0.3, -0.25) is 14.5 Å². The maximum Gasteiger partial charge on any atom is 0.256 e. The van der Waals surface area contributed by atoms with Crippen LogP contribution in [0.5, 0.6) is 5.75 Å². The van der Waals surface area contributed by atoms with E-state index in [0.29, 0.717) is 24.0 Å². The smallest absolute Gasteiger partial charge is 0.256 e. The molecule has 0 aromatic heterocycles. The molecule has 37 heavy (non-hydrogen) atoms. The number of nitrogens with one attached hydrogen (secondary N) is 1. The number of hydrogen-bond donors (Lipinski definition) is 1. The fourth-order valence-electron chi connectivity index (χ4n) is 4.80. The summed E-state index contributed by atoms with van der Waals surface area (Å²) >= 11 is 7.46. The molecule has 1 atom stereocenters. The lowest BCUT2D eigenvalue weighted by Gasteiger charge is -2.32. The molecule has 2 heterocycles. The Morgan fingerprint density at radius 1 is 1.14 bits per heavy atom. The van der Waals surface area contributed by atoms with Crippen LogP contribution in [0.15, 0.2) is 53.4 Å². The van der Waals surface area contributed by atoms with Crippen LogP contribution in [0.2, 0.25) is 0 Å². The van der Waals surface area contributed by atoms with Crippen LogP contribution < -0.4 is 15.0 Å². The molecule has 0 spiro atoms. The van der Waals surface area contributed by atoms with E-state index in [4.69, 9.17) is 17.0 Å². The van der Waals surface area contributed by atoms with Crippen LogP contribution in [0.1, 0.15) is 33.1 Å². The Morgan fingerprint density at radius 3 is 2.54 bits per heavy atom. The number of thiocarbonyl (C=S) groups is 1. The first-order valence-electron chi connectivity index (χ1n) is 12.9. The van der Waals surface area contributed by atoms with E-state index in [-0.39, 0.29) is 18.2 Å². The first-order valence-corrected chi connectivity index (χ1v) is 14.6. The Hall–Kier alpha value is -2.62. The summed E-state index contributed by atoms with van der Waals surface area (Å²) in [4.78, 5) is 33.8. The summed E-state index contributed by atoms with van der Waals surface area (Å²) in [5, 5.41) is 3.39. The summed E-state index contributed by atoms with van der Waals surface area (Å²) < 4.78 is 5.48. The molecule has 7 nitrogen and oxygen atoms in total. The van der Waals surface area contributed by atoms with Gasteiger partial charge in [-0.25, -0.2) is 0 Å². The van der Waals surface area contributed by atoms with E-state index in [9.17, 15) is 9.59 Å². The number of rotatable bonds is 10. The third kappa shape index (κ3) is 6.83. The number of piperidine rings is 1. The molecular weight excluding hydrogens is 504 g/mol. The number of carbonyl (C=O) groups is 2. The van der Waals surface area contributed by atoms with Crippen LogP contribution in [0.3, 0.4) is 0 Å². The Labute approximate surface area is 229 Å². The first-order chi connectivity index (χ1) is 17.9. The molecule has 2 saturated heterocycles. The topological polar surface area (TPSA) is 65.1 Å². The van der Waals surface area contributed by atoms with Gasteiger partial charge in [-0.1, -0.05) is 13.0 Å². The predicted octanol–water partition coefficient (Wildman–Crippen LogP) is 4.87. The number of anilines is 2. The highest BCUT2D eigenvalue weighted by molar-refractivity contribution is 7.98. The van der Waals surface area contributed by atoms with Gasteiger partial charge in [0.25, 0.3) is 5.91 Å². The highest BCUT2D eigenvalue weighted by Gasteiger charge is 2.44. The van der Waals surface area contributed by atoms with E-state index >= 15 is 0 Å². The first kappa shape index (κ1) is 27.4. The Balaban J connectivity index is 1.49. The van der Waals surface area contributed by atoms with Gasteiger partial charge in [0, 0.05) is 23.7 Å². The SMILES string of the molecule is CCOc1ccc(NC(=O)C[C@@H]2C(=O)N(c3cccc(SC)c3)C(=S)N2CCN2CCC(C)CC2)cc1. The highest BCUT2D eigenvalue weighted by Crippen LogP contribution is 2.30. The van der Waals surface area contributed by atoms with Crippen LogP contribution in [-0.4, -0.2) is 71.8 Å². The third-order valence-electron chi connectivity index (χ3n) is 6.99. The quantitative estimate of drug-likeness (QED) is 0.341. The van der Waals surface area contributed by atoms with Gasteiger partial charge in [-0.15, -0.1) is 11.8 Å². The Bertz CT molecular complexity index is 1100. The second kappa shape index (κ2) is 12.8. The molecule has 0 radical (unpaired) electrons. The summed E-state index contributed by atoms with van der Waals surface area (Å²) in [5.41, 5.74) is 1.41. The molecule has 2 aliphatic heterocycles. The highest BCUT2D eigenvalue weighted by atomic mass is 32.2. The zero-order valence-electron chi connectivity index (χ0n) is 21.8. The third-order valence-corrected chi connectivity index (χ3v) is 8.13. The van der Waals surface area contributed by atoms with Crippen molar-refractivity contribution in [3.63, 3.8) is 0 Å². The summed E-state index contributed by atoms with van der Waals surface area (Å²) in [5.74, 6) is 1.13. The summed E-state index contributed by atoms with van der Waals surface area (Å²) in [6, 6.07) is 14.4. The van der Waals surface area contributed by atoms with Gasteiger partial charge in [0.1, 0.15) is 11.8 Å². The number of amides is 2. The molecule has 2 aromatic carbocycles. The second-order valence-electron chi connectivity index (χ2n) is 9.60. The van der Waals surface area contributed by atoms with Crippen LogP contribution in [0.25, 0.3) is 0 Å². The minimum atomic E-state index is -0.642. The molecule has 2 amide bonds. The number of carbonyl (C=O) groups excluding carboxylic acids is 2. The average Bonchev–Trinajstić information content (AvgIpc) is 3.13. The van der Waals surface area contributed by atoms with Crippen LogP contribution in [-0.2, 0) is 9.59 Å². The zero-order valence-corrected chi connectivity index (χ0v) is 23.4. The second-order valence-corrected chi connectivity index (χ2v) is 10.8. The molecule has 2 aromatic rings. The summed E-state index contributed by atoms with van der Waals surface area (Å²) in [6.45, 7) is 8.34. The minimum absolute atomic E-state index is 0.0297. The molecule has 4 rings (SSSR count). The van der Waals surface area contributed by atoms with Crippen molar-refractivity contribution in [2.75, 3.05) is 49.3 Å². The molecule has 198 valence electrons. The minimum Gasteiger partial charge on any atom is -0.494 e. The van der Waals surface area contributed by atoms with E-state index in [1.807, 2.05) is 54.5 Å². The summed E-state index contributed by atoms with van der Waals surface area (Å²) in [6.07, 6.45) is 4.40. The van der Waals surface area contributed by atoms with Crippen molar-refractivity contribution in [3.05, 3.63) is 48.5 Å². The van der Waals surface area contributed by atoms with E-state index in [1.54, 1.807) is 28.8 Å². The van der Waals surface area contributed by atoms with Gasteiger partial charge in [-0.2, -0.15) is 0 Å². The number of hydrogen-bond acceptors (Lipinski definition) is 6. The van der Waals surface area contributed by atoms with Gasteiger partial charge in [0.15, 0.2) is 5.11 Å². The van der Waals surface area contributed by atoms with Crippen molar-refractivity contribution >= 4 is 52.3 Å². The van der Waals surface area contributed by atoms with Crippen molar-refractivity contribution < 1.29 is 14.3 Å². The molecule has 0 bridgehead atoms. The maximum absolute atomic E-state index is 13.7. The maximum atomic E-state index is 13.7. The lowest BCUT2D eigenvalue weighted by molar-refractivity contribution is -0.124. The lowest BCUT2D eigenvalue weighted by atomic mass is 9.99. The monoisotopic (exact) mass is 540 g/mol. The number of nitrogens with zero attached hydrogens (tertiary/aromatic N) is 3. The van der Waals surface area contributed by atoms with Crippen LogP contribution in [0.4, 0.5) is 11.4 Å². The average molecular weight is 541 g/mol. The fraction of sp³-hybridized carbons (Fsp3) is 0.464. The van der Waals surface area contributed by atoms with Gasteiger partial charge in [0.2, 0.25) is 5.91 Å². The van der Waals surface area contributed by atoms with Gasteiger partial charge in [0.05, 0.1) is 18.7 Å². The molecular formula is C28H36N4O3S2. The van der Waals surface area contributed by atoms with Crippen LogP contribution >= 0.6 is 24.0 Å². The Kier molecular flexibility index (Phi) is 9.45. The van der Waals surface area contributed by atoms with E-state index in [1.165, 1.54) is 12.8 Å². The van der Waals surface area contributed by atoms with Crippen molar-refractivity contribution in [2.45, 2.75) is 44.0 Å².